The fourth-order valence-electron chi connectivity index (χ4n) is 3.10. The molecule has 2 atom stereocenters. The topological polar surface area (TPSA) is 75.3 Å². The van der Waals surface area contributed by atoms with E-state index in [0.29, 0.717) is 24.1 Å². The molecule has 21 heavy (non-hydrogen) atoms. The van der Waals surface area contributed by atoms with Crippen molar-refractivity contribution in [3.63, 3.8) is 0 Å². The van der Waals surface area contributed by atoms with Crippen molar-refractivity contribution in [2.75, 3.05) is 18.9 Å². The van der Waals surface area contributed by atoms with E-state index in [1.54, 1.807) is 0 Å². The van der Waals surface area contributed by atoms with Gasteiger partial charge in [-0.1, -0.05) is 18.6 Å². The summed E-state index contributed by atoms with van der Waals surface area (Å²) in [7, 11) is 0. The summed E-state index contributed by atoms with van der Waals surface area (Å²) in [6.45, 7) is 4.72. The zero-order chi connectivity index (χ0) is 15.5. The van der Waals surface area contributed by atoms with Crippen LogP contribution in [0.3, 0.4) is 0 Å². The molecule has 1 aromatic carbocycles. The highest BCUT2D eigenvalue weighted by molar-refractivity contribution is 5.87. The number of aliphatic hydroxyl groups excluding tert-OH is 1. The van der Waals surface area contributed by atoms with E-state index in [9.17, 15) is 9.90 Å². The van der Waals surface area contributed by atoms with Crippen molar-refractivity contribution in [3.05, 3.63) is 29.8 Å². The van der Waals surface area contributed by atoms with Crippen LogP contribution in [0.4, 0.5) is 5.69 Å². The Kier molecular flexibility index (Phi) is 4.88. The molecule has 0 aromatic heterocycles. The molecule has 2 rings (SSSR count). The molecule has 4 heteroatoms. The van der Waals surface area contributed by atoms with Gasteiger partial charge in [-0.15, -0.1) is 0 Å². The number of hydrogen-bond donors (Lipinski definition) is 3. The van der Waals surface area contributed by atoms with Gasteiger partial charge in [0, 0.05) is 18.8 Å². The van der Waals surface area contributed by atoms with Gasteiger partial charge in [-0.25, -0.2) is 0 Å². The lowest BCUT2D eigenvalue weighted by Gasteiger charge is -2.26. The molecule has 0 bridgehead atoms. The van der Waals surface area contributed by atoms with Crippen LogP contribution in [0.25, 0.3) is 0 Å². The van der Waals surface area contributed by atoms with Crippen LogP contribution in [-0.4, -0.2) is 24.2 Å². The van der Waals surface area contributed by atoms with Gasteiger partial charge in [0.15, 0.2) is 0 Å². The summed E-state index contributed by atoms with van der Waals surface area (Å²) in [6, 6.07) is 7.45. The quantitative estimate of drug-likeness (QED) is 0.727. The van der Waals surface area contributed by atoms with Gasteiger partial charge < -0.3 is 16.2 Å². The van der Waals surface area contributed by atoms with E-state index < -0.39 is 5.41 Å². The molecule has 116 valence electrons. The minimum absolute atomic E-state index is 0.0239. The second-order valence-corrected chi connectivity index (χ2v) is 6.59. The maximum absolute atomic E-state index is 12.5. The van der Waals surface area contributed by atoms with Gasteiger partial charge in [0.2, 0.25) is 5.91 Å². The number of carbonyl (C=O) groups is 1. The summed E-state index contributed by atoms with van der Waals surface area (Å²) in [5.74, 6) is 0.766. The average Bonchev–Trinajstić information content (AvgIpc) is 2.92. The minimum atomic E-state index is -0.582. The molecule has 0 aliphatic heterocycles. The standard InChI is InChI=1S/C17H26N2O2/c1-17(2,14-6-8-15(18)9-7-14)16(21)19-10-12-4-3-5-13(12)11-20/h6-9,12-13,20H,3-5,10-11,18H2,1-2H3,(H,19,21). The Labute approximate surface area is 126 Å². The van der Waals surface area contributed by atoms with Crippen molar-refractivity contribution < 1.29 is 9.90 Å². The van der Waals surface area contributed by atoms with Gasteiger partial charge in [-0.3, -0.25) is 4.79 Å². The molecule has 4 N–H and O–H groups in total. The number of anilines is 1. The van der Waals surface area contributed by atoms with Gasteiger partial charge in [-0.05, 0) is 56.2 Å². The molecular formula is C17H26N2O2. The van der Waals surface area contributed by atoms with Crippen molar-refractivity contribution in [1.29, 1.82) is 0 Å². The van der Waals surface area contributed by atoms with E-state index in [0.717, 1.165) is 24.8 Å². The van der Waals surface area contributed by atoms with E-state index >= 15 is 0 Å². The van der Waals surface area contributed by atoms with Crippen LogP contribution < -0.4 is 11.1 Å². The number of nitrogens with one attached hydrogen (secondary N) is 1. The molecular weight excluding hydrogens is 264 g/mol. The fraction of sp³-hybridized carbons (Fsp3) is 0.588. The lowest BCUT2D eigenvalue weighted by Crippen LogP contribution is -2.42. The third kappa shape index (κ3) is 3.56. The van der Waals surface area contributed by atoms with Crippen molar-refractivity contribution in [1.82, 2.24) is 5.32 Å². The summed E-state index contributed by atoms with van der Waals surface area (Å²) in [4.78, 5) is 12.5. The highest BCUT2D eigenvalue weighted by Crippen LogP contribution is 2.31. The Morgan fingerprint density at radius 2 is 1.90 bits per heavy atom. The first-order valence-corrected chi connectivity index (χ1v) is 7.70. The molecule has 0 heterocycles. The molecule has 0 radical (unpaired) electrons. The van der Waals surface area contributed by atoms with Crippen LogP contribution in [-0.2, 0) is 10.2 Å². The van der Waals surface area contributed by atoms with Crippen LogP contribution in [0.15, 0.2) is 24.3 Å². The van der Waals surface area contributed by atoms with Crippen molar-refractivity contribution in [2.45, 2.75) is 38.5 Å². The number of nitrogens with two attached hydrogens (primary N) is 1. The highest BCUT2D eigenvalue weighted by Gasteiger charge is 2.32. The number of rotatable bonds is 5. The zero-order valence-electron chi connectivity index (χ0n) is 12.9. The Morgan fingerprint density at radius 3 is 2.52 bits per heavy atom. The molecule has 1 fully saturated rings. The number of benzene rings is 1. The van der Waals surface area contributed by atoms with E-state index in [4.69, 9.17) is 5.73 Å². The molecule has 1 aromatic rings. The van der Waals surface area contributed by atoms with Crippen LogP contribution in [0.1, 0.15) is 38.7 Å². The Balaban J connectivity index is 1.97. The predicted molar refractivity (Wildman–Crippen MR) is 84.8 cm³/mol. The smallest absolute Gasteiger partial charge is 0.230 e. The predicted octanol–water partition coefficient (Wildman–Crippen LogP) is 2.07. The third-order valence-electron chi connectivity index (χ3n) is 4.78. The second kappa shape index (κ2) is 6.48. The molecule has 2 unspecified atom stereocenters. The lowest BCUT2D eigenvalue weighted by atomic mass is 9.83. The van der Waals surface area contributed by atoms with Gasteiger partial charge in [-0.2, -0.15) is 0 Å². The summed E-state index contributed by atoms with van der Waals surface area (Å²) in [5.41, 5.74) is 6.77. The maximum Gasteiger partial charge on any atom is 0.230 e. The highest BCUT2D eigenvalue weighted by atomic mass is 16.3. The van der Waals surface area contributed by atoms with Gasteiger partial charge in [0.25, 0.3) is 0 Å². The summed E-state index contributed by atoms with van der Waals surface area (Å²) >= 11 is 0. The first-order chi connectivity index (χ1) is 9.95. The largest absolute Gasteiger partial charge is 0.399 e. The van der Waals surface area contributed by atoms with Crippen molar-refractivity contribution >= 4 is 11.6 Å². The molecule has 1 saturated carbocycles. The SMILES string of the molecule is CC(C)(C(=O)NCC1CCCC1CO)c1ccc(N)cc1. The number of amides is 1. The number of hydrogen-bond acceptors (Lipinski definition) is 3. The molecule has 1 amide bonds. The van der Waals surface area contributed by atoms with Crippen LogP contribution in [0, 0.1) is 11.8 Å². The molecule has 0 saturated heterocycles. The van der Waals surface area contributed by atoms with Gasteiger partial charge >= 0.3 is 0 Å². The maximum atomic E-state index is 12.5. The number of aliphatic hydroxyl groups is 1. The number of nitrogen functional groups attached to an aromatic ring is 1. The lowest BCUT2D eigenvalue weighted by molar-refractivity contribution is -0.125. The van der Waals surface area contributed by atoms with Crippen LogP contribution in [0.2, 0.25) is 0 Å². The third-order valence-corrected chi connectivity index (χ3v) is 4.78. The Hall–Kier alpha value is -1.55. The first kappa shape index (κ1) is 15.8. The van der Waals surface area contributed by atoms with Crippen molar-refractivity contribution in [3.8, 4) is 0 Å². The van der Waals surface area contributed by atoms with Gasteiger partial charge in [0.1, 0.15) is 0 Å². The first-order valence-electron chi connectivity index (χ1n) is 7.70. The Bertz CT molecular complexity index is 482. The zero-order valence-corrected chi connectivity index (χ0v) is 12.9. The van der Waals surface area contributed by atoms with E-state index in [1.807, 2.05) is 38.1 Å². The summed E-state index contributed by atoms with van der Waals surface area (Å²) < 4.78 is 0. The average molecular weight is 290 g/mol. The summed E-state index contributed by atoms with van der Waals surface area (Å²) in [6.07, 6.45) is 3.30. The normalized spacial score (nSPS) is 22.2. The number of carbonyl (C=O) groups excluding carboxylic acids is 1. The molecule has 0 spiro atoms. The van der Waals surface area contributed by atoms with E-state index in [2.05, 4.69) is 5.32 Å². The Morgan fingerprint density at radius 1 is 1.29 bits per heavy atom. The van der Waals surface area contributed by atoms with Gasteiger partial charge in [0.05, 0.1) is 5.41 Å². The van der Waals surface area contributed by atoms with Crippen LogP contribution >= 0.6 is 0 Å². The van der Waals surface area contributed by atoms with E-state index in [1.165, 1.54) is 0 Å². The second-order valence-electron chi connectivity index (χ2n) is 6.59. The molecule has 4 nitrogen and oxygen atoms in total. The molecule has 1 aliphatic carbocycles. The van der Waals surface area contributed by atoms with Crippen LogP contribution in [0.5, 0.6) is 0 Å². The minimum Gasteiger partial charge on any atom is -0.399 e. The fourth-order valence-corrected chi connectivity index (χ4v) is 3.10. The van der Waals surface area contributed by atoms with E-state index in [-0.39, 0.29) is 12.5 Å². The van der Waals surface area contributed by atoms with Crippen molar-refractivity contribution in [2.24, 2.45) is 11.8 Å². The monoisotopic (exact) mass is 290 g/mol. The molecule has 1 aliphatic rings. The summed E-state index contributed by atoms with van der Waals surface area (Å²) in [5, 5.41) is 12.4.